The summed E-state index contributed by atoms with van der Waals surface area (Å²) in [5, 5.41) is 23.1. The molecule has 144 valence electrons. The normalized spacial score (nSPS) is 43.7. The topological polar surface area (TPSA) is 69.6 Å². The number of nitrogens with one attached hydrogen (secondary N) is 1. The largest absolute Gasteiger partial charge is 0.394 e. The van der Waals surface area contributed by atoms with Gasteiger partial charge in [0.15, 0.2) is 0 Å². The van der Waals surface area contributed by atoms with Gasteiger partial charge in [-0.25, -0.2) is 0 Å². The SMILES string of the molecule is CC(C)(CO)NC(=O)CC1(C2C=CC=CC2)C2CC3CC1CC(C2)C3O. The lowest BCUT2D eigenvalue weighted by molar-refractivity contribution is -0.186. The van der Waals surface area contributed by atoms with Crippen LogP contribution < -0.4 is 5.32 Å². The monoisotopic (exact) mass is 359 g/mol. The summed E-state index contributed by atoms with van der Waals surface area (Å²) in [6.45, 7) is 3.68. The Labute approximate surface area is 156 Å². The number of carbonyl (C=O) groups is 1. The van der Waals surface area contributed by atoms with E-state index in [-0.39, 0.29) is 24.0 Å². The van der Waals surface area contributed by atoms with Crippen LogP contribution in [0.25, 0.3) is 0 Å². The third-order valence-corrected chi connectivity index (χ3v) is 7.85. The quantitative estimate of drug-likeness (QED) is 0.707. The van der Waals surface area contributed by atoms with E-state index in [0.29, 0.717) is 36.0 Å². The van der Waals surface area contributed by atoms with Crippen LogP contribution in [-0.4, -0.2) is 34.4 Å². The number of amides is 1. The molecular formula is C22H33NO3. The maximum atomic E-state index is 13.0. The van der Waals surface area contributed by atoms with Crippen LogP contribution in [0.5, 0.6) is 0 Å². The van der Waals surface area contributed by atoms with E-state index in [9.17, 15) is 15.0 Å². The van der Waals surface area contributed by atoms with Gasteiger partial charge in [0.05, 0.1) is 18.2 Å². The molecule has 26 heavy (non-hydrogen) atoms. The number of hydrogen-bond acceptors (Lipinski definition) is 3. The van der Waals surface area contributed by atoms with E-state index in [1.165, 1.54) is 0 Å². The number of rotatable bonds is 5. The minimum absolute atomic E-state index is 0.00399. The molecule has 5 aliphatic rings. The Morgan fingerprint density at radius 1 is 1.15 bits per heavy atom. The summed E-state index contributed by atoms with van der Waals surface area (Å²) in [5.74, 6) is 2.40. The summed E-state index contributed by atoms with van der Waals surface area (Å²) in [6, 6.07) is 0. The Hall–Kier alpha value is -1.13. The maximum Gasteiger partial charge on any atom is 0.221 e. The molecule has 0 aromatic carbocycles. The molecule has 0 radical (unpaired) electrons. The van der Waals surface area contributed by atoms with Crippen LogP contribution in [0.15, 0.2) is 24.3 Å². The second kappa shape index (κ2) is 6.49. The zero-order chi connectivity index (χ0) is 18.5. The standard InChI is InChI=1S/C22H33NO3/c1-21(2,13-24)23-19(25)12-22(16-6-4-3-5-7-16)17-8-14-9-18(22)11-15(10-17)20(14)26/h3-6,14-18,20,24,26H,7-13H2,1-2H3,(H,23,25). The molecule has 0 aromatic rings. The molecule has 4 nitrogen and oxygen atoms in total. The summed E-state index contributed by atoms with van der Waals surface area (Å²) in [4.78, 5) is 13.0. The van der Waals surface area contributed by atoms with Crippen molar-refractivity contribution in [3.8, 4) is 0 Å². The van der Waals surface area contributed by atoms with E-state index in [1.807, 2.05) is 13.8 Å². The number of aliphatic hydroxyl groups excluding tert-OH is 2. The molecule has 1 amide bonds. The molecule has 1 unspecified atom stereocenters. The van der Waals surface area contributed by atoms with Gasteiger partial charge in [-0.2, -0.15) is 0 Å². The number of carbonyl (C=O) groups excluding carboxylic acids is 1. The minimum Gasteiger partial charge on any atom is -0.394 e. The predicted octanol–water partition coefficient (Wildman–Crippen LogP) is 2.81. The Morgan fingerprint density at radius 3 is 2.27 bits per heavy atom. The zero-order valence-electron chi connectivity index (χ0n) is 16.0. The molecule has 0 aromatic heterocycles. The number of allylic oxidation sites excluding steroid dienone is 4. The lowest BCUT2D eigenvalue weighted by Crippen LogP contribution is -2.62. The molecule has 5 rings (SSSR count). The average molecular weight is 360 g/mol. The summed E-state index contributed by atoms with van der Waals surface area (Å²) in [5.41, 5.74) is -0.577. The molecule has 0 saturated heterocycles. The van der Waals surface area contributed by atoms with Crippen LogP contribution in [0.2, 0.25) is 0 Å². The molecule has 3 N–H and O–H groups in total. The van der Waals surface area contributed by atoms with Crippen molar-refractivity contribution in [3.63, 3.8) is 0 Å². The van der Waals surface area contributed by atoms with E-state index in [4.69, 9.17) is 0 Å². The van der Waals surface area contributed by atoms with Crippen LogP contribution in [0.1, 0.15) is 52.4 Å². The van der Waals surface area contributed by atoms with Crippen molar-refractivity contribution in [1.29, 1.82) is 0 Å². The van der Waals surface area contributed by atoms with Gasteiger partial charge in [0.1, 0.15) is 0 Å². The minimum atomic E-state index is -0.581. The van der Waals surface area contributed by atoms with Gasteiger partial charge < -0.3 is 15.5 Å². The van der Waals surface area contributed by atoms with Gasteiger partial charge in [-0.1, -0.05) is 24.3 Å². The summed E-state index contributed by atoms with van der Waals surface area (Å²) in [7, 11) is 0. The first-order chi connectivity index (χ1) is 12.4. The molecule has 4 bridgehead atoms. The summed E-state index contributed by atoms with van der Waals surface area (Å²) in [6.07, 6.45) is 14.5. The van der Waals surface area contributed by atoms with Crippen LogP contribution in [0.4, 0.5) is 0 Å². The number of aliphatic hydroxyl groups is 2. The van der Waals surface area contributed by atoms with Crippen LogP contribution in [0.3, 0.4) is 0 Å². The average Bonchev–Trinajstić information content (AvgIpc) is 2.60. The highest BCUT2D eigenvalue weighted by Crippen LogP contribution is 2.67. The Balaban J connectivity index is 1.63. The number of hydrogen-bond donors (Lipinski definition) is 3. The fourth-order valence-electron chi connectivity index (χ4n) is 6.74. The van der Waals surface area contributed by atoms with Gasteiger partial charge in [-0.05, 0) is 81.0 Å². The molecule has 4 saturated carbocycles. The van der Waals surface area contributed by atoms with Gasteiger partial charge in [0.25, 0.3) is 0 Å². The van der Waals surface area contributed by atoms with Gasteiger partial charge >= 0.3 is 0 Å². The summed E-state index contributed by atoms with van der Waals surface area (Å²) >= 11 is 0. The van der Waals surface area contributed by atoms with Crippen LogP contribution >= 0.6 is 0 Å². The molecular weight excluding hydrogens is 326 g/mol. The predicted molar refractivity (Wildman–Crippen MR) is 101 cm³/mol. The first-order valence-corrected chi connectivity index (χ1v) is 10.3. The molecule has 4 heteroatoms. The highest BCUT2D eigenvalue weighted by Gasteiger charge is 2.62. The zero-order valence-corrected chi connectivity index (χ0v) is 16.0. The van der Waals surface area contributed by atoms with Crippen molar-refractivity contribution in [2.75, 3.05) is 6.61 Å². The third-order valence-electron chi connectivity index (χ3n) is 7.85. The van der Waals surface area contributed by atoms with Crippen molar-refractivity contribution in [3.05, 3.63) is 24.3 Å². The molecule has 0 spiro atoms. The van der Waals surface area contributed by atoms with E-state index < -0.39 is 5.54 Å². The van der Waals surface area contributed by atoms with Crippen LogP contribution in [0, 0.1) is 35.0 Å². The van der Waals surface area contributed by atoms with Crippen molar-refractivity contribution in [2.45, 2.75) is 64.0 Å². The highest BCUT2D eigenvalue weighted by molar-refractivity contribution is 5.77. The van der Waals surface area contributed by atoms with Crippen molar-refractivity contribution in [1.82, 2.24) is 5.32 Å². The molecule has 1 atom stereocenters. The second-order valence-electron chi connectivity index (χ2n) is 9.88. The van der Waals surface area contributed by atoms with Crippen molar-refractivity contribution >= 4 is 5.91 Å². The van der Waals surface area contributed by atoms with E-state index in [1.54, 1.807) is 0 Å². The third kappa shape index (κ3) is 2.86. The maximum absolute atomic E-state index is 13.0. The molecule has 0 aliphatic heterocycles. The van der Waals surface area contributed by atoms with Crippen molar-refractivity contribution in [2.24, 2.45) is 35.0 Å². The smallest absolute Gasteiger partial charge is 0.221 e. The Kier molecular flexibility index (Phi) is 4.55. The Bertz CT molecular complexity index is 591. The first-order valence-electron chi connectivity index (χ1n) is 10.3. The second-order valence-corrected chi connectivity index (χ2v) is 9.88. The highest BCUT2D eigenvalue weighted by atomic mass is 16.3. The van der Waals surface area contributed by atoms with Gasteiger partial charge in [0.2, 0.25) is 5.91 Å². The first kappa shape index (κ1) is 18.2. The lowest BCUT2D eigenvalue weighted by atomic mass is 9.40. The van der Waals surface area contributed by atoms with Crippen LogP contribution in [-0.2, 0) is 4.79 Å². The fourth-order valence-corrected chi connectivity index (χ4v) is 6.74. The molecule has 4 fully saturated rings. The summed E-state index contributed by atoms with van der Waals surface area (Å²) < 4.78 is 0. The van der Waals surface area contributed by atoms with E-state index in [0.717, 1.165) is 32.1 Å². The van der Waals surface area contributed by atoms with Crippen molar-refractivity contribution < 1.29 is 15.0 Å². The Morgan fingerprint density at radius 2 is 1.77 bits per heavy atom. The van der Waals surface area contributed by atoms with Gasteiger partial charge in [-0.15, -0.1) is 0 Å². The van der Waals surface area contributed by atoms with E-state index >= 15 is 0 Å². The lowest BCUT2D eigenvalue weighted by Gasteiger charge is -2.65. The van der Waals surface area contributed by atoms with E-state index in [2.05, 4.69) is 29.6 Å². The molecule has 0 heterocycles. The fraction of sp³-hybridized carbons (Fsp3) is 0.773. The van der Waals surface area contributed by atoms with Gasteiger partial charge in [0, 0.05) is 6.42 Å². The van der Waals surface area contributed by atoms with Gasteiger partial charge in [-0.3, -0.25) is 4.79 Å². The molecule has 5 aliphatic carbocycles.